The molecule has 3 aromatic rings. The Morgan fingerprint density at radius 3 is 2.60 bits per heavy atom. The van der Waals surface area contributed by atoms with Crippen molar-refractivity contribution >= 4 is 17.0 Å². The van der Waals surface area contributed by atoms with Gasteiger partial charge in [0.15, 0.2) is 17.4 Å². The van der Waals surface area contributed by atoms with E-state index in [2.05, 4.69) is 15.1 Å². The van der Waals surface area contributed by atoms with Crippen molar-refractivity contribution in [2.24, 2.45) is 0 Å². The van der Waals surface area contributed by atoms with Gasteiger partial charge in [-0.3, -0.25) is 0 Å². The molecule has 3 heterocycles. The average molecular weight is 427 g/mol. The van der Waals surface area contributed by atoms with Gasteiger partial charge in [-0.05, 0) is 18.9 Å². The van der Waals surface area contributed by atoms with Crippen molar-refractivity contribution in [3.05, 3.63) is 35.7 Å². The fourth-order valence-electron chi connectivity index (χ4n) is 3.71. The minimum Gasteiger partial charge on any atom is -0.503 e. The maximum Gasteiger partial charge on any atom is 0.419 e. The third-order valence-corrected chi connectivity index (χ3v) is 5.47. The van der Waals surface area contributed by atoms with Crippen LogP contribution in [0.3, 0.4) is 0 Å². The Balaban J connectivity index is 1.61. The van der Waals surface area contributed by atoms with Crippen LogP contribution in [-0.4, -0.2) is 50.2 Å². The molecule has 12 heteroatoms. The van der Waals surface area contributed by atoms with Gasteiger partial charge in [0.05, 0.1) is 36.7 Å². The molecule has 1 aromatic carbocycles. The Bertz CT molecular complexity index is 1160. The molecule has 1 saturated carbocycles. The lowest BCUT2D eigenvalue weighted by Gasteiger charge is -2.36. The van der Waals surface area contributed by atoms with E-state index in [9.17, 15) is 27.1 Å². The van der Waals surface area contributed by atoms with E-state index in [0.717, 1.165) is 17.5 Å². The Kier molecular flexibility index (Phi) is 3.95. The number of benzene rings is 1. The zero-order valence-electron chi connectivity index (χ0n) is 15.2. The van der Waals surface area contributed by atoms with Gasteiger partial charge in [0.25, 0.3) is 0 Å². The monoisotopic (exact) mass is 427 g/mol. The van der Waals surface area contributed by atoms with Gasteiger partial charge in [-0.15, -0.1) is 0 Å². The van der Waals surface area contributed by atoms with Crippen LogP contribution in [0.5, 0.6) is 5.75 Å². The van der Waals surface area contributed by atoms with E-state index in [4.69, 9.17) is 4.74 Å². The number of hydrogen-bond acceptors (Lipinski definition) is 6. The third-order valence-electron chi connectivity index (χ3n) is 5.47. The Labute approximate surface area is 165 Å². The molecular weight excluding hydrogens is 413 g/mol. The fourth-order valence-corrected chi connectivity index (χ4v) is 3.71. The van der Waals surface area contributed by atoms with E-state index in [-0.39, 0.29) is 22.6 Å². The van der Waals surface area contributed by atoms with Crippen LogP contribution in [0.15, 0.2) is 18.5 Å². The lowest BCUT2D eigenvalue weighted by atomic mass is 10.1. The molecule has 0 atom stereocenters. The van der Waals surface area contributed by atoms with Crippen LogP contribution in [-0.2, 0) is 10.9 Å². The second-order valence-corrected chi connectivity index (χ2v) is 7.34. The van der Waals surface area contributed by atoms with Crippen molar-refractivity contribution in [3.8, 4) is 11.4 Å². The molecule has 1 spiro atoms. The highest BCUT2D eigenvalue weighted by molar-refractivity contribution is 5.77. The average Bonchev–Trinajstić information content (AvgIpc) is 3.34. The summed E-state index contributed by atoms with van der Waals surface area (Å²) in [7, 11) is 0. The molecule has 1 aliphatic carbocycles. The Hall–Kier alpha value is -3.02. The summed E-state index contributed by atoms with van der Waals surface area (Å²) in [6.07, 6.45) is -0.704. The van der Waals surface area contributed by atoms with Crippen LogP contribution in [0.2, 0.25) is 0 Å². The van der Waals surface area contributed by atoms with Crippen molar-refractivity contribution in [3.63, 3.8) is 0 Å². The molecule has 2 aromatic heterocycles. The summed E-state index contributed by atoms with van der Waals surface area (Å²) in [5, 5.41) is 13.4. The maximum absolute atomic E-state index is 14.4. The molecule has 5 rings (SSSR count). The fraction of sp³-hybridized carbons (Fsp3) is 0.389. The van der Waals surface area contributed by atoms with Crippen LogP contribution in [0.4, 0.5) is 27.9 Å². The number of rotatable bonds is 2. The molecule has 30 heavy (non-hydrogen) atoms. The van der Waals surface area contributed by atoms with Crippen molar-refractivity contribution < 1.29 is 31.8 Å². The lowest BCUT2D eigenvalue weighted by molar-refractivity contribution is -0.140. The van der Waals surface area contributed by atoms with Crippen LogP contribution >= 0.6 is 0 Å². The minimum absolute atomic E-state index is 0.106. The topological polar surface area (TPSA) is 76.3 Å². The third kappa shape index (κ3) is 2.77. The maximum atomic E-state index is 14.4. The molecular formula is C18H14F5N5O2. The van der Waals surface area contributed by atoms with E-state index in [0.29, 0.717) is 25.7 Å². The summed E-state index contributed by atoms with van der Waals surface area (Å²) in [4.78, 5) is 10.7. The molecule has 1 N–H and O–H groups in total. The van der Waals surface area contributed by atoms with Crippen LogP contribution in [0, 0.1) is 11.6 Å². The largest absolute Gasteiger partial charge is 0.503 e. The quantitative estimate of drug-likeness (QED) is 0.634. The van der Waals surface area contributed by atoms with Gasteiger partial charge in [-0.2, -0.15) is 18.3 Å². The molecule has 158 valence electrons. The predicted octanol–water partition coefficient (Wildman–Crippen LogP) is 3.19. The van der Waals surface area contributed by atoms with Gasteiger partial charge < -0.3 is 14.7 Å². The normalized spacial score (nSPS) is 18.4. The molecule has 0 bridgehead atoms. The minimum atomic E-state index is -5.13. The number of nitrogens with zero attached hydrogens (tertiary/aromatic N) is 5. The molecule has 2 aliphatic rings. The number of phenols is 1. The first-order valence-corrected chi connectivity index (χ1v) is 9.06. The first-order valence-electron chi connectivity index (χ1n) is 9.06. The summed E-state index contributed by atoms with van der Waals surface area (Å²) in [5.41, 5.74) is -2.34. The smallest absolute Gasteiger partial charge is 0.419 e. The molecule has 0 unspecified atom stereocenters. The summed E-state index contributed by atoms with van der Waals surface area (Å²) in [6, 6.07) is 0.256. The Morgan fingerprint density at radius 2 is 1.90 bits per heavy atom. The highest BCUT2D eigenvalue weighted by atomic mass is 19.4. The molecule has 7 nitrogen and oxygen atoms in total. The number of morpholine rings is 1. The number of phenolic OH excluding ortho intramolecular Hbond substituents is 1. The second-order valence-electron chi connectivity index (χ2n) is 7.34. The molecule has 0 amide bonds. The number of aromatic hydroxyl groups is 1. The number of fused-ring (bicyclic) bond motifs is 1. The number of aromatic nitrogens is 4. The number of halogens is 5. The molecule has 2 fully saturated rings. The van der Waals surface area contributed by atoms with Gasteiger partial charge in [0.2, 0.25) is 5.95 Å². The SMILES string of the molecule is Oc1c(F)c(-n2ncc3nc(N4CCOCC45CC5)ncc32)cc(C(F)(F)F)c1F. The van der Waals surface area contributed by atoms with Gasteiger partial charge in [0, 0.05) is 6.54 Å². The summed E-state index contributed by atoms with van der Waals surface area (Å²) < 4.78 is 73.8. The van der Waals surface area contributed by atoms with Crippen LogP contribution in [0.25, 0.3) is 16.7 Å². The van der Waals surface area contributed by atoms with Gasteiger partial charge in [-0.25, -0.2) is 23.4 Å². The number of hydrogen-bond donors (Lipinski definition) is 1. The van der Waals surface area contributed by atoms with Gasteiger partial charge >= 0.3 is 6.18 Å². The van der Waals surface area contributed by atoms with Gasteiger partial charge in [0.1, 0.15) is 16.7 Å². The second kappa shape index (κ2) is 6.24. The highest BCUT2D eigenvalue weighted by Crippen LogP contribution is 2.45. The number of anilines is 1. The van der Waals surface area contributed by atoms with E-state index in [1.54, 1.807) is 0 Å². The summed E-state index contributed by atoms with van der Waals surface area (Å²) in [5.74, 6) is -4.97. The zero-order chi connectivity index (χ0) is 21.3. The predicted molar refractivity (Wildman–Crippen MR) is 93.4 cm³/mol. The van der Waals surface area contributed by atoms with Crippen molar-refractivity contribution in [1.82, 2.24) is 19.7 Å². The summed E-state index contributed by atoms with van der Waals surface area (Å²) >= 11 is 0. The van der Waals surface area contributed by atoms with Gasteiger partial charge in [-0.1, -0.05) is 0 Å². The van der Waals surface area contributed by atoms with E-state index in [1.807, 2.05) is 4.90 Å². The van der Waals surface area contributed by atoms with Crippen LogP contribution in [0.1, 0.15) is 18.4 Å². The van der Waals surface area contributed by atoms with Crippen molar-refractivity contribution in [2.75, 3.05) is 24.7 Å². The van der Waals surface area contributed by atoms with Crippen molar-refractivity contribution in [2.45, 2.75) is 24.6 Å². The standard InChI is InChI=1S/C18H14F5N5O2/c19-13-9(18(21,22)23)5-11(14(20)15(13)29)28-12-7-24-16(26-10(12)6-25-28)27-3-4-30-8-17(27)1-2-17/h5-7,29H,1-4,8H2. The zero-order valence-corrected chi connectivity index (χ0v) is 15.2. The highest BCUT2D eigenvalue weighted by Gasteiger charge is 2.51. The summed E-state index contributed by atoms with van der Waals surface area (Å²) in [6.45, 7) is 1.67. The van der Waals surface area contributed by atoms with Crippen molar-refractivity contribution in [1.29, 1.82) is 0 Å². The van der Waals surface area contributed by atoms with E-state index in [1.165, 1.54) is 12.4 Å². The lowest BCUT2D eigenvalue weighted by Crippen LogP contribution is -2.48. The van der Waals surface area contributed by atoms with E-state index >= 15 is 0 Å². The molecule has 1 aliphatic heterocycles. The molecule has 1 saturated heterocycles. The molecule has 0 radical (unpaired) electrons. The first-order chi connectivity index (χ1) is 14.2. The number of ether oxygens (including phenoxy) is 1. The van der Waals surface area contributed by atoms with Crippen LogP contribution < -0.4 is 4.90 Å². The first kappa shape index (κ1) is 19.0. The number of alkyl halides is 3. The Morgan fingerprint density at radius 1 is 1.13 bits per heavy atom. The van der Waals surface area contributed by atoms with E-state index < -0.39 is 34.8 Å².